The van der Waals surface area contributed by atoms with Crippen LogP contribution < -0.4 is 10.5 Å². The van der Waals surface area contributed by atoms with Crippen molar-refractivity contribution in [1.82, 2.24) is 19.5 Å². The molecule has 28 heavy (non-hydrogen) atoms. The third-order valence-corrected chi connectivity index (χ3v) is 4.95. The molecule has 0 fully saturated rings. The fourth-order valence-corrected chi connectivity index (χ4v) is 3.46. The van der Waals surface area contributed by atoms with E-state index in [9.17, 15) is 0 Å². The van der Waals surface area contributed by atoms with Crippen LogP contribution in [0.25, 0.3) is 11.0 Å². The zero-order valence-electron chi connectivity index (χ0n) is 16.6. The Kier molecular flexibility index (Phi) is 6.05. The molecule has 0 aliphatic carbocycles. The molecule has 6 nitrogen and oxygen atoms in total. The van der Waals surface area contributed by atoms with Gasteiger partial charge in [-0.25, -0.2) is 4.98 Å². The number of hydrogen-bond donors (Lipinski definition) is 1. The minimum atomic E-state index is 0.138. The van der Waals surface area contributed by atoms with Crippen LogP contribution in [0.3, 0.4) is 0 Å². The summed E-state index contributed by atoms with van der Waals surface area (Å²) < 4.78 is 7.49. The van der Waals surface area contributed by atoms with Crippen LogP contribution in [0, 0.1) is 25.7 Å². The van der Waals surface area contributed by atoms with Gasteiger partial charge in [0.25, 0.3) is 0 Å². The van der Waals surface area contributed by atoms with Gasteiger partial charge in [-0.05, 0) is 31.4 Å². The lowest BCUT2D eigenvalue weighted by Gasteiger charge is -2.13. The molecule has 2 N–H and O–H groups in total. The van der Waals surface area contributed by atoms with E-state index in [2.05, 4.69) is 33.7 Å². The van der Waals surface area contributed by atoms with Crippen LogP contribution in [0.4, 0.5) is 5.95 Å². The highest BCUT2D eigenvalue weighted by Crippen LogP contribution is 2.29. The number of methoxy groups -OCH3 is 1. The summed E-state index contributed by atoms with van der Waals surface area (Å²) in [5, 5.41) is 1.04. The summed E-state index contributed by atoms with van der Waals surface area (Å²) in [7, 11) is 1.66. The van der Waals surface area contributed by atoms with Crippen molar-refractivity contribution in [3.63, 3.8) is 0 Å². The quantitative estimate of drug-likeness (QED) is 0.395. The van der Waals surface area contributed by atoms with E-state index in [0.717, 1.165) is 52.8 Å². The zero-order valence-corrected chi connectivity index (χ0v) is 17.4. The largest absolute Gasteiger partial charge is 0.495 e. The second-order valence-electron chi connectivity index (χ2n) is 6.67. The van der Waals surface area contributed by atoms with Crippen molar-refractivity contribution >= 4 is 28.6 Å². The van der Waals surface area contributed by atoms with Gasteiger partial charge in [-0.2, -0.15) is 4.98 Å². The highest BCUT2D eigenvalue weighted by Gasteiger charge is 2.16. The molecule has 0 aliphatic heterocycles. The number of aryl methyl sites for hydroxylation is 1. The fraction of sp³-hybridized carbons (Fsp3) is 0.381. The van der Waals surface area contributed by atoms with Crippen LogP contribution in [-0.2, 0) is 6.54 Å². The van der Waals surface area contributed by atoms with Gasteiger partial charge in [-0.15, -0.1) is 0 Å². The SMILES string of the molecule is CCCCC#Cc1cn(Cc2cnc(C)c(OC)c2C)c2nc(N)nc(Cl)c12. The smallest absolute Gasteiger partial charge is 0.223 e. The molecule has 3 aromatic heterocycles. The lowest BCUT2D eigenvalue weighted by atomic mass is 10.1. The molecule has 0 saturated carbocycles. The van der Waals surface area contributed by atoms with Gasteiger partial charge in [0.05, 0.1) is 30.3 Å². The van der Waals surface area contributed by atoms with E-state index in [4.69, 9.17) is 22.1 Å². The molecule has 0 aromatic carbocycles. The van der Waals surface area contributed by atoms with Crippen LogP contribution in [-0.4, -0.2) is 26.6 Å². The highest BCUT2D eigenvalue weighted by atomic mass is 35.5. The van der Waals surface area contributed by atoms with Gasteiger partial charge >= 0.3 is 0 Å². The van der Waals surface area contributed by atoms with E-state index >= 15 is 0 Å². The number of hydrogen-bond acceptors (Lipinski definition) is 5. The first-order chi connectivity index (χ1) is 13.5. The molecule has 0 unspecified atom stereocenters. The first-order valence-electron chi connectivity index (χ1n) is 9.26. The number of fused-ring (bicyclic) bond motifs is 1. The number of anilines is 1. The number of unbranched alkanes of at least 4 members (excludes halogenated alkanes) is 2. The molecule has 0 bridgehead atoms. The van der Waals surface area contributed by atoms with Crippen molar-refractivity contribution in [3.8, 4) is 17.6 Å². The Morgan fingerprint density at radius 2 is 2.07 bits per heavy atom. The topological polar surface area (TPSA) is 78.8 Å². The average Bonchev–Trinajstić information content (AvgIpc) is 2.99. The second-order valence-corrected chi connectivity index (χ2v) is 7.03. The predicted molar refractivity (Wildman–Crippen MR) is 113 cm³/mol. The van der Waals surface area contributed by atoms with Crippen LogP contribution in [0.2, 0.25) is 5.15 Å². The maximum absolute atomic E-state index is 6.38. The number of nitrogen functional groups attached to an aromatic ring is 1. The Bertz CT molecular complexity index is 1080. The van der Waals surface area contributed by atoms with E-state index in [1.165, 1.54) is 0 Å². The van der Waals surface area contributed by atoms with Crippen LogP contribution in [0.1, 0.15) is 48.6 Å². The average molecular weight is 398 g/mol. The summed E-state index contributed by atoms with van der Waals surface area (Å²) in [6.07, 6.45) is 6.83. The van der Waals surface area contributed by atoms with Gasteiger partial charge in [0.15, 0.2) is 0 Å². The summed E-state index contributed by atoms with van der Waals surface area (Å²) in [5.41, 5.74) is 10.2. The normalized spacial score (nSPS) is 10.8. The van der Waals surface area contributed by atoms with Gasteiger partial charge in [-0.3, -0.25) is 4.98 Å². The fourth-order valence-electron chi connectivity index (χ4n) is 3.19. The number of ether oxygens (including phenoxy) is 1. The van der Waals surface area contributed by atoms with Crippen molar-refractivity contribution in [1.29, 1.82) is 0 Å². The van der Waals surface area contributed by atoms with Crippen LogP contribution in [0.5, 0.6) is 5.75 Å². The monoisotopic (exact) mass is 397 g/mol. The summed E-state index contributed by atoms with van der Waals surface area (Å²) >= 11 is 6.38. The first kappa shape index (κ1) is 20.0. The van der Waals surface area contributed by atoms with E-state index in [1.807, 2.05) is 30.8 Å². The summed E-state index contributed by atoms with van der Waals surface area (Å²) in [6.45, 7) is 6.65. The summed E-state index contributed by atoms with van der Waals surface area (Å²) in [6, 6.07) is 0. The standard InChI is InChI=1S/C21H24ClN5O/c1-5-6-7-8-9-15-11-27(20-17(15)19(22)25-21(23)26-20)12-16-10-24-14(3)18(28-4)13(16)2/h10-11H,5-7,12H2,1-4H3,(H2,23,25,26). The molecular formula is C21H24ClN5O. The van der Waals surface area contributed by atoms with E-state index < -0.39 is 0 Å². The minimum absolute atomic E-state index is 0.138. The van der Waals surface area contributed by atoms with Gasteiger partial charge in [0, 0.05) is 18.8 Å². The maximum Gasteiger partial charge on any atom is 0.223 e. The van der Waals surface area contributed by atoms with Crippen molar-refractivity contribution in [2.45, 2.75) is 46.6 Å². The molecule has 0 radical (unpaired) electrons. The Morgan fingerprint density at radius 1 is 1.29 bits per heavy atom. The lowest BCUT2D eigenvalue weighted by Crippen LogP contribution is -2.06. The van der Waals surface area contributed by atoms with E-state index in [1.54, 1.807) is 7.11 Å². The Labute approximate surface area is 170 Å². The number of nitrogens with zero attached hydrogens (tertiary/aromatic N) is 4. The molecule has 0 atom stereocenters. The second kappa shape index (κ2) is 8.49. The highest BCUT2D eigenvalue weighted by molar-refractivity contribution is 6.34. The van der Waals surface area contributed by atoms with E-state index in [-0.39, 0.29) is 5.95 Å². The van der Waals surface area contributed by atoms with Gasteiger partial charge < -0.3 is 15.0 Å². The molecule has 146 valence electrons. The number of nitrogens with two attached hydrogens (primary N) is 1. The summed E-state index contributed by atoms with van der Waals surface area (Å²) in [4.78, 5) is 13.0. The molecule has 3 aromatic rings. The van der Waals surface area contributed by atoms with Crippen molar-refractivity contribution < 1.29 is 4.74 Å². The van der Waals surface area contributed by atoms with Gasteiger partial charge in [-0.1, -0.05) is 36.8 Å². The van der Waals surface area contributed by atoms with Crippen LogP contribution in [0.15, 0.2) is 12.4 Å². The third kappa shape index (κ3) is 3.90. The lowest BCUT2D eigenvalue weighted by molar-refractivity contribution is 0.405. The molecule has 0 amide bonds. The molecule has 7 heteroatoms. The van der Waals surface area contributed by atoms with Crippen molar-refractivity contribution in [2.75, 3.05) is 12.8 Å². The van der Waals surface area contributed by atoms with Crippen molar-refractivity contribution in [2.24, 2.45) is 0 Å². The Hall–Kier alpha value is -2.78. The van der Waals surface area contributed by atoms with E-state index in [0.29, 0.717) is 17.3 Å². The number of halogens is 1. The molecule has 0 aliphatic rings. The van der Waals surface area contributed by atoms with Gasteiger partial charge in [0.2, 0.25) is 5.95 Å². The van der Waals surface area contributed by atoms with Crippen molar-refractivity contribution in [3.05, 3.63) is 39.9 Å². The molecule has 0 spiro atoms. The molecular weight excluding hydrogens is 374 g/mol. The third-order valence-electron chi connectivity index (χ3n) is 4.68. The summed E-state index contributed by atoms with van der Waals surface area (Å²) in [5.74, 6) is 7.36. The minimum Gasteiger partial charge on any atom is -0.495 e. The number of rotatable bonds is 5. The number of aromatic nitrogens is 4. The van der Waals surface area contributed by atoms with Gasteiger partial charge in [0.1, 0.15) is 16.5 Å². The maximum atomic E-state index is 6.38. The molecule has 3 rings (SSSR count). The molecule has 0 saturated heterocycles. The number of pyridine rings is 1. The Morgan fingerprint density at radius 3 is 2.79 bits per heavy atom. The molecule has 3 heterocycles. The predicted octanol–water partition coefficient (Wildman–Crippen LogP) is 4.28. The first-order valence-corrected chi connectivity index (χ1v) is 9.63. The zero-order chi connectivity index (χ0) is 20.3. The van der Waals surface area contributed by atoms with Crippen LogP contribution >= 0.6 is 11.6 Å². The Balaban J connectivity index is 2.10.